The van der Waals surface area contributed by atoms with Gasteiger partial charge in [-0.3, -0.25) is 0 Å². The van der Waals surface area contributed by atoms with E-state index in [1.165, 1.54) is 5.69 Å². The van der Waals surface area contributed by atoms with Crippen molar-refractivity contribution in [2.45, 2.75) is 25.9 Å². The maximum absolute atomic E-state index is 6.08. The summed E-state index contributed by atoms with van der Waals surface area (Å²) in [5, 5.41) is 4.12. The van der Waals surface area contributed by atoms with Crippen LogP contribution in [0.15, 0.2) is 84.9 Å². The monoisotopic (exact) mass is 499 g/mol. The lowest BCUT2D eigenvalue weighted by molar-refractivity contribution is 0.415. The number of nitrogens with one attached hydrogen (secondary N) is 1. The minimum atomic E-state index is 0.319. The summed E-state index contributed by atoms with van der Waals surface area (Å²) >= 11 is 6.08. The summed E-state index contributed by atoms with van der Waals surface area (Å²) in [5.41, 5.74) is 3.07. The third-order valence-electron chi connectivity index (χ3n) is 6.45. The SMILES string of the molecule is COc1cccc(-c2nc(Nc3ccc(Cl)cc3)cc(N3CC(C)N(c4ccccc4)C(C)C3)n2)c1. The molecule has 1 saturated heterocycles. The highest BCUT2D eigenvalue weighted by atomic mass is 35.5. The Morgan fingerprint density at radius 2 is 1.58 bits per heavy atom. The van der Waals surface area contributed by atoms with Gasteiger partial charge in [-0.15, -0.1) is 0 Å². The van der Waals surface area contributed by atoms with Crippen LogP contribution in [0.2, 0.25) is 5.02 Å². The zero-order valence-corrected chi connectivity index (χ0v) is 21.5. The van der Waals surface area contributed by atoms with Crippen molar-refractivity contribution < 1.29 is 4.74 Å². The van der Waals surface area contributed by atoms with Gasteiger partial charge in [-0.25, -0.2) is 9.97 Å². The van der Waals surface area contributed by atoms with Gasteiger partial charge in [-0.1, -0.05) is 41.9 Å². The molecule has 1 fully saturated rings. The summed E-state index contributed by atoms with van der Waals surface area (Å²) < 4.78 is 5.44. The van der Waals surface area contributed by atoms with Crippen molar-refractivity contribution in [2.75, 3.05) is 35.3 Å². The first kappa shape index (κ1) is 23.9. The van der Waals surface area contributed by atoms with Crippen LogP contribution in [0.3, 0.4) is 0 Å². The van der Waals surface area contributed by atoms with E-state index in [1.807, 2.05) is 54.6 Å². The van der Waals surface area contributed by atoms with Crippen LogP contribution >= 0.6 is 11.6 Å². The zero-order valence-electron chi connectivity index (χ0n) is 20.7. The van der Waals surface area contributed by atoms with Crippen LogP contribution in [-0.4, -0.2) is 42.3 Å². The zero-order chi connectivity index (χ0) is 25.1. The maximum Gasteiger partial charge on any atom is 0.164 e. The molecule has 6 nitrogen and oxygen atoms in total. The lowest BCUT2D eigenvalue weighted by atomic mass is 10.1. The first-order valence-corrected chi connectivity index (χ1v) is 12.5. The molecule has 0 radical (unpaired) electrons. The topological polar surface area (TPSA) is 53.5 Å². The average Bonchev–Trinajstić information content (AvgIpc) is 2.90. The molecule has 2 heterocycles. The Morgan fingerprint density at radius 3 is 2.28 bits per heavy atom. The van der Waals surface area contributed by atoms with Gasteiger partial charge in [0.25, 0.3) is 0 Å². The second-order valence-electron chi connectivity index (χ2n) is 9.14. The Kier molecular flexibility index (Phi) is 6.96. The largest absolute Gasteiger partial charge is 0.497 e. The molecule has 0 aliphatic carbocycles. The van der Waals surface area contributed by atoms with Crippen molar-refractivity contribution >= 4 is 34.6 Å². The van der Waals surface area contributed by atoms with E-state index in [2.05, 4.69) is 59.3 Å². The molecule has 0 spiro atoms. The number of halogens is 1. The Bertz CT molecular complexity index is 1300. The molecule has 0 bridgehead atoms. The van der Waals surface area contributed by atoms with E-state index < -0.39 is 0 Å². The van der Waals surface area contributed by atoms with Crippen LogP contribution in [-0.2, 0) is 0 Å². The van der Waals surface area contributed by atoms with Crippen molar-refractivity contribution in [1.29, 1.82) is 0 Å². The molecule has 4 aromatic rings. The van der Waals surface area contributed by atoms with Gasteiger partial charge < -0.3 is 19.9 Å². The molecule has 0 saturated carbocycles. The Balaban J connectivity index is 1.49. The number of hydrogen-bond donors (Lipinski definition) is 1. The van der Waals surface area contributed by atoms with Crippen molar-refractivity contribution in [3.63, 3.8) is 0 Å². The molecular formula is C29H30ClN5O. The molecule has 1 N–H and O–H groups in total. The van der Waals surface area contributed by atoms with E-state index in [0.29, 0.717) is 22.9 Å². The van der Waals surface area contributed by atoms with Crippen LogP contribution in [0, 0.1) is 0 Å². The molecule has 7 heteroatoms. The van der Waals surface area contributed by atoms with E-state index in [1.54, 1.807) is 7.11 Å². The third-order valence-corrected chi connectivity index (χ3v) is 6.71. The second kappa shape index (κ2) is 10.5. The lowest BCUT2D eigenvalue weighted by Gasteiger charge is -2.46. The van der Waals surface area contributed by atoms with Gasteiger partial charge in [0.05, 0.1) is 7.11 Å². The fourth-order valence-corrected chi connectivity index (χ4v) is 4.98. The molecule has 5 rings (SSSR count). The quantitative estimate of drug-likeness (QED) is 0.320. The summed E-state index contributed by atoms with van der Waals surface area (Å²) in [6.45, 7) is 6.25. The Labute approximate surface area is 217 Å². The van der Waals surface area contributed by atoms with Gasteiger partial charge in [-0.05, 0) is 62.4 Å². The molecular weight excluding hydrogens is 470 g/mol. The normalized spacial score (nSPS) is 17.7. The van der Waals surface area contributed by atoms with E-state index in [9.17, 15) is 0 Å². The summed E-state index contributed by atoms with van der Waals surface area (Å²) in [5.74, 6) is 3.04. The first-order valence-electron chi connectivity index (χ1n) is 12.1. The van der Waals surface area contributed by atoms with Crippen molar-refractivity contribution in [2.24, 2.45) is 0 Å². The van der Waals surface area contributed by atoms with Crippen LogP contribution in [0.25, 0.3) is 11.4 Å². The Morgan fingerprint density at radius 1 is 0.861 bits per heavy atom. The van der Waals surface area contributed by atoms with Gasteiger partial charge in [0.2, 0.25) is 0 Å². The number of hydrogen-bond acceptors (Lipinski definition) is 6. The first-order chi connectivity index (χ1) is 17.5. The lowest BCUT2D eigenvalue weighted by Crippen LogP contribution is -2.57. The minimum absolute atomic E-state index is 0.319. The molecule has 1 aliphatic heterocycles. The highest BCUT2D eigenvalue weighted by Crippen LogP contribution is 2.31. The highest BCUT2D eigenvalue weighted by molar-refractivity contribution is 6.30. The molecule has 36 heavy (non-hydrogen) atoms. The summed E-state index contributed by atoms with van der Waals surface area (Å²) in [7, 11) is 1.67. The molecule has 3 aromatic carbocycles. The molecule has 1 aromatic heterocycles. The molecule has 0 amide bonds. The number of rotatable bonds is 6. The molecule has 1 aliphatic rings. The van der Waals surface area contributed by atoms with Gasteiger partial charge in [-0.2, -0.15) is 0 Å². The van der Waals surface area contributed by atoms with Gasteiger partial charge >= 0.3 is 0 Å². The van der Waals surface area contributed by atoms with Crippen molar-refractivity contribution in [1.82, 2.24) is 9.97 Å². The number of nitrogens with zero attached hydrogens (tertiary/aromatic N) is 4. The number of anilines is 4. The van der Waals surface area contributed by atoms with Crippen LogP contribution in [0.1, 0.15) is 13.8 Å². The predicted molar refractivity (Wildman–Crippen MR) is 149 cm³/mol. The summed E-state index contributed by atoms with van der Waals surface area (Å²) in [6, 6.07) is 28.7. The predicted octanol–water partition coefficient (Wildman–Crippen LogP) is 6.65. The standard InChI is InChI=1S/C29H30ClN5O/c1-20-18-34(19-21(2)35(20)25-9-5-4-6-10-25)28-17-27(31-24-14-12-23(30)13-15-24)32-29(33-28)22-8-7-11-26(16-22)36-3/h4-17,20-21H,18-19H2,1-3H3,(H,31,32,33). The fraction of sp³-hybridized carbons (Fsp3) is 0.241. The van der Waals surface area contributed by atoms with Gasteiger partial charge in [0.1, 0.15) is 17.4 Å². The number of piperazine rings is 1. The minimum Gasteiger partial charge on any atom is -0.497 e. The average molecular weight is 500 g/mol. The smallest absolute Gasteiger partial charge is 0.164 e. The van der Waals surface area contributed by atoms with Crippen LogP contribution < -0.4 is 19.9 Å². The van der Waals surface area contributed by atoms with Crippen molar-refractivity contribution in [3.05, 3.63) is 90.0 Å². The number of ether oxygens (including phenoxy) is 1. The van der Waals surface area contributed by atoms with Crippen molar-refractivity contribution in [3.8, 4) is 17.1 Å². The molecule has 2 unspecified atom stereocenters. The number of benzene rings is 3. The molecule has 184 valence electrons. The molecule has 2 atom stereocenters. The third kappa shape index (κ3) is 5.24. The summed E-state index contributed by atoms with van der Waals surface area (Å²) in [4.78, 5) is 14.7. The van der Waals surface area contributed by atoms with E-state index >= 15 is 0 Å². The summed E-state index contributed by atoms with van der Waals surface area (Å²) in [6.07, 6.45) is 0. The van der Waals surface area contributed by atoms with Gasteiger partial charge in [0.15, 0.2) is 5.82 Å². The fourth-order valence-electron chi connectivity index (χ4n) is 4.85. The number of methoxy groups -OCH3 is 1. The van der Waals surface area contributed by atoms with E-state index in [0.717, 1.165) is 41.7 Å². The van der Waals surface area contributed by atoms with Crippen LogP contribution in [0.4, 0.5) is 23.0 Å². The highest BCUT2D eigenvalue weighted by Gasteiger charge is 2.30. The van der Waals surface area contributed by atoms with E-state index in [-0.39, 0.29) is 0 Å². The van der Waals surface area contributed by atoms with Crippen LogP contribution in [0.5, 0.6) is 5.75 Å². The number of para-hydroxylation sites is 1. The maximum atomic E-state index is 6.08. The van der Waals surface area contributed by atoms with Gasteiger partial charge in [0, 0.05) is 53.2 Å². The second-order valence-corrected chi connectivity index (χ2v) is 9.58. The Hall–Kier alpha value is -3.77. The van der Waals surface area contributed by atoms with E-state index in [4.69, 9.17) is 26.3 Å². The number of aromatic nitrogens is 2.